The topological polar surface area (TPSA) is 43.1 Å². The van der Waals surface area contributed by atoms with Crippen molar-refractivity contribution in [3.8, 4) is 11.5 Å². The molecule has 0 aliphatic rings. The number of carbonyl (C=O) groups excluding carboxylic acids is 1. The molecule has 0 N–H and O–H groups in total. The summed E-state index contributed by atoms with van der Waals surface area (Å²) in [4.78, 5) is 14.2. The van der Waals surface area contributed by atoms with Crippen molar-refractivity contribution in [3.05, 3.63) is 66.4 Å². The van der Waals surface area contributed by atoms with Gasteiger partial charge in [-0.25, -0.2) is 9.07 Å². The predicted octanol–water partition coefficient (Wildman–Crippen LogP) is 2.89. The van der Waals surface area contributed by atoms with Gasteiger partial charge in [-0.15, -0.1) is 0 Å². The van der Waals surface area contributed by atoms with Crippen LogP contribution in [-0.2, 0) is 0 Å². The summed E-state index contributed by atoms with van der Waals surface area (Å²) in [6.07, 6.45) is 5.24. The van der Waals surface area contributed by atoms with Gasteiger partial charge in [0.25, 0.3) is 5.91 Å². The first-order chi connectivity index (χ1) is 11.1. The van der Waals surface area contributed by atoms with Crippen LogP contribution in [0.25, 0.3) is 11.5 Å². The van der Waals surface area contributed by atoms with E-state index < -0.39 is 0 Å². The van der Waals surface area contributed by atoms with Crippen LogP contribution in [0.2, 0.25) is 0 Å². The number of hydrogen-bond donors (Lipinski definition) is 0. The second-order valence-corrected chi connectivity index (χ2v) is 5.18. The number of rotatable bonds is 4. The van der Waals surface area contributed by atoms with Gasteiger partial charge in [0.1, 0.15) is 11.4 Å². The van der Waals surface area contributed by atoms with Crippen LogP contribution in [0, 0.1) is 5.82 Å². The van der Waals surface area contributed by atoms with Crippen molar-refractivity contribution < 1.29 is 9.18 Å². The minimum atomic E-state index is -0.314. The SMILES string of the molecule is CCN(C)C(=O)c1cnn(-c2ccc(F)cc2)c1-n1cccc1. The van der Waals surface area contributed by atoms with Crippen LogP contribution in [0.1, 0.15) is 17.3 Å². The van der Waals surface area contributed by atoms with Crippen LogP contribution < -0.4 is 0 Å². The smallest absolute Gasteiger partial charge is 0.259 e. The molecule has 0 spiro atoms. The third kappa shape index (κ3) is 2.75. The molecule has 0 aliphatic carbocycles. The van der Waals surface area contributed by atoms with E-state index in [2.05, 4.69) is 5.10 Å². The van der Waals surface area contributed by atoms with E-state index in [0.717, 1.165) is 0 Å². The van der Waals surface area contributed by atoms with Gasteiger partial charge in [-0.05, 0) is 43.3 Å². The maximum atomic E-state index is 13.2. The molecule has 0 fully saturated rings. The molecular formula is C17H17FN4O. The lowest BCUT2D eigenvalue weighted by Gasteiger charge is -2.16. The summed E-state index contributed by atoms with van der Waals surface area (Å²) in [5.41, 5.74) is 1.18. The number of aromatic nitrogens is 3. The normalized spacial score (nSPS) is 10.7. The van der Waals surface area contributed by atoms with Gasteiger partial charge < -0.3 is 9.47 Å². The molecule has 23 heavy (non-hydrogen) atoms. The van der Waals surface area contributed by atoms with Gasteiger partial charge >= 0.3 is 0 Å². The zero-order valence-electron chi connectivity index (χ0n) is 13.0. The van der Waals surface area contributed by atoms with E-state index in [9.17, 15) is 9.18 Å². The number of benzene rings is 1. The van der Waals surface area contributed by atoms with Gasteiger partial charge in [-0.2, -0.15) is 5.10 Å². The van der Waals surface area contributed by atoms with Crippen LogP contribution in [0.15, 0.2) is 55.0 Å². The van der Waals surface area contributed by atoms with Crippen molar-refractivity contribution in [1.29, 1.82) is 0 Å². The first kappa shape index (κ1) is 15.0. The number of amides is 1. The van der Waals surface area contributed by atoms with Crippen LogP contribution in [0.5, 0.6) is 0 Å². The van der Waals surface area contributed by atoms with Crippen molar-refractivity contribution in [2.45, 2.75) is 6.92 Å². The van der Waals surface area contributed by atoms with Crippen LogP contribution in [-0.4, -0.2) is 38.7 Å². The average Bonchev–Trinajstić information content (AvgIpc) is 3.22. The third-order valence-corrected chi connectivity index (χ3v) is 3.72. The Balaban J connectivity index is 2.16. The third-order valence-electron chi connectivity index (χ3n) is 3.72. The Kier molecular flexibility index (Phi) is 3.97. The highest BCUT2D eigenvalue weighted by Crippen LogP contribution is 2.21. The van der Waals surface area contributed by atoms with Crippen molar-refractivity contribution in [2.24, 2.45) is 0 Å². The molecule has 2 aromatic heterocycles. The second kappa shape index (κ2) is 6.08. The Hall–Kier alpha value is -2.89. The molecule has 0 bridgehead atoms. The van der Waals surface area contributed by atoms with E-state index in [-0.39, 0.29) is 11.7 Å². The van der Waals surface area contributed by atoms with E-state index in [1.807, 2.05) is 36.0 Å². The van der Waals surface area contributed by atoms with E-state index in [0.29, 0.717) is 23.6 Å². The zero-order valence-corrected chi connectivity index (χ0v) is 13.0. The summed E-state index contributed by atoms with van der Waals surface area (Å²) in [6.45, 7) is 2.52. The molecule has 0 radical (unpaired) electrons. The second-order valence-electron chi connectivity index (χ2n) is 5.18. The van der Waals surface area contributed by atoms with Crippen LogP contribution in [0.4, 0.5) is 4.39 Å². The van der Waals surface area contributed by atoms with Gasteiger partial charge in [0.05, 0.1) is 11.9 Å². The van der Waals surface area contributed by atoms with Crippen LogP contribution >= 0.6 is 0 Å². The fourth-order valence-electron chi connectivity index (χ4n) is 2.34. The summed E-state index contributed by atoms with van der Waals surface area (Å²) in [5.74, 6) is 0.210. The minimum absolute atomic E-state index is 0.107. The van der Waals surface area contributed by atoms with Gasteiger partial charge in [0.2, 0.25) is 0 Å². The first-order valence-electron chi connectivity index (χ1n) is 7.34. The lowest BCUT2D eigenvalue weighted by atomic mass is 10.2. The molecule has 3 aromatic rings. The number of hydrogen-bond acceptors (Lipinski definition) is 2. The molecule has 5 nitrogen and oxygen atoms in total. The lowest BCUT2D eigenvalue weighted by molar-refractivity contribution is 0.0802. The summed E-state index contributed by atoms with van der Waals surface area (Å²) in [7, 11) is 1.75. The molecule has 118 valence electrons. The van der Waals surface area contributed by atoms with Gasteiger partial charge in [0, 0.05) is 26.0 Å². The maximum Gasteiger partial charge on any atom is 0.259 e. The number of nitrogens with zero attached hydrogens (tertiary/aromatic N) is 4. The van der Waals surface area contributed by atoms with E-state index in [1.165, 1.54) is 12.1 Å². The summed E-state index contributed by atoms with van der Waals surface area (Å²) < 4.78 is 16.6. The Morgan fingerprint density at radius 1 is 1.22 bits per heavy atom. The maximum absolute atomic E-state index is 13.2. The molecule has 0 saturated heterocycles. The molecule has 0 atom stereocenters. The van der Waals surface area contributed by atoms with Crippen molar-refractivity contribution >= 4 is 5.91 Å². The van der Waals surface area contributed by atoms with E-state index in [1.54, 1.807) is 35.0 Å². The highest BCUT2D eigenvalue weighted by molar-refractivity contribution is 5.97. The molecule has 3 rings (SSSR count). The van der Waals surface area contributed by atoms with Gasteiger partial charge in [-0.3, -0.25) is 4.79 Å². The zero-order chi connectivity index (χ0) is 16.4. The molecule has 0 aliphatic heterocycles. The van der Waals surface area contributed by atoms with Crippen molar-refractivity contribution in [1.82, 2.24) is 19.2 Å². The number of carbonyl (C=O) groups is 1. The van der Waals surface area contributed by atoms with Crippen molar-refractivity contribution in [2.75, 3.05) is 13.6 Å². The Bertz CT molecular complexity index is 806. The highest BCUT2D eigenvalue weighted by atomic mass is 19.1. The quantitative estimate of drug-likeness (QED) is 0.743. The molecule has 6 heteroatoms. The van der Waals surface area contributed by atoms with E-state index >= 15 is 0 Å². The molecule has 1 aromatic carbocycles. The highest BCUT2D eigenvalue weighted by Gasteiger charge is 2.21. The Morgan fingerprint density at radius 2 is 1.87 bits per heavy atom. The van der Waals surface area contributed by atoms with E-state index in [4.69, 9.17) is 0 Å². The fourth-order valence-corrected chi connectivity index (χ4v) is 2.34. The molecule has 0 saturated carbocycles. The number of halogens is 1. The first-order valence-corrected chi connectivity index (χ1v) is 7.34. The summed E-state index contributed by atoms with van der Waals surface area (Å²) >= 11 is 0. The van der Waals surface area contributed by atoms with Crippen molar-refractivity contribution in [3.63, 3.8) is 0 Å². The molecule has 0 unspecified atom stereocenters. The summed E-state index contributed by atoms with van der Waals surface area (Å²) in [5, 5.41) is 4.34. The Morgan fingerprint density at radius 3 is 2.48 bits per heavy atom. The van der Waals surface area contributed by atoms with Gasteiger partial charge in [-0.1, -0.05) is 0 Å². The molecular weight excluding hydrogens is 295 g/mol. The molecule has 1 amide bonds. The Labute approximate surface area is 133 Å². The standard InChI is InChI=1S/C17H17FN4O/c1-3-20(2)17(23)15-12-19-22(14-8-6-13(18)7-9-14)16(15)21-10-4-5-11-21/h4-12H,3H2,1-2H3. The van der Waals surface area contributed by atoms with Crippen LogP contribution in [0.3, 0.4) is 0 Å². The molecule has 2 heterocycles. The largest absolute Gasteiger partial charge is 0.342 e. The monoisotopic (exact) mass is 312 g/mol. The fraction of sp³-hybridized carbons (Fsp3) is 0.176. The lowest BCUT2D eigenvalue weighted by Crippen LogP contribution is -2.27. The average molecular weight is 312 g/mol. The summed E-state index contributed by atoms with van der Waals surface area (Å²) in [6, 6.07) is 9.76. The van der Waals surface area contributed by atoms with Gasteiger partial charge in [0.15, 0.2) is 5.82 Å². The minimum Gasteiger partial charge on any atom is -0.342 e. The predicted molar refractivity (Wildman–Crippen MR) is 85.5 cm³/mol.